The third kappa shape index (κ3) is 10.9. The molecule has 2 unspecified atom stereocenters. The first-order chi connectivity index (χ1) is 40.4. The van der Waals surface area contributed by atoms with Gasteiger partial charge in [-0.1, -0.05) is 81.4 Å². The number of aliphatic hydroxyl groups excluding tert-OH is 1. The fourth-order valence-corrected chi connectivity index (χ4v) is 14.7. The lowest BCUT2D eigenvalue weighted by molar-refractivity contribution is -0.141. The Labute approximate surface area is 493 Å². The van der Waals surface area contributed by atoms with E-state index in [2.05, 4.69) is 38.2 Å². The van der Waals surface area contributed by atoms with E-state index in [1.807, 2.05) is 113 Å². The van der Waals surface area contributed by atoms with Crippen LogP contribution >= 0.6 is 11.3 Å². The molecule has 0 saturated carbocycles. The maximum absolute atomic E-state index is 17.6. The second-order valence-electron chi connectivity index (χ2n) is 25.0. The molecule has 0 spiro atoms. The van der Waals surface area contributed by atoms with Gasteiger partial charge in [0.2, 0.25) is 11.8 Å². The van der Waals surface area contributed by atoms with Gasteiger partial charge in [0.15, 0.2) is 11.6 Å². The van der Waals surface area contributed by atoms with Gasteiger partial charge < -0.3 is 39.0 Å². The van der Waals surface area contributed by atoms with E-state index in [4.69, 9.17) is 33.7 Å². The molecule has 8 atom stereocenters. The quantitative estimate of drug-likeness (QED) is 0.0925. The lowest BCUT2D eigenvalue weighted by atomic mass is 9.91. The zero-order valence-electron chi connectivity index (χ0n) is 49.1. The number of hydrogen-bond donors (Lipinski definition) is 2. The maximum Gasteiger partial charge on any atom is 0.410 e. The smallest absolute Gasteiger partial charge is 0.410 e. The zero-order chi connectivity index (χ0) is 58.8. The third-order valence-electron chi connectivity index (χ3n) is 18.0. The molecule has 5 aliphatic heterocycles. The number of nitrogens with one attached hydrogen (secondary N) is 1. The second-order valence-corrected chi connectivity index (χ2v) is 25.8. The summed E-state index contributed by atoms with van der Waals surface area (Å²) in [6, 6.07) is 20.3. The summed E-state index contributed by atoms with van der Waals surface area (Å²) in [4.78, 5) is 70.2. The van der Waals surface area contributed by atoms with Gasteiger partial charge in [0, 0.05) is 49.9 Å². The number of ether oxygens (including phenoxy) is 3. The lowest BCUT2D eigenvalue weighted by Gasteiger charge is -2.42. The van der Waals surface area contributed by atoms with Crippen molar-refractivity contribution in [3.8, 4) is 33.6 Å². The molecular weight excluding hydrogens is 1090 g/mol. The first kappa shape index (κ1) is 57.2. The minimum atomic E-state index is -0.874. The predicted molar refractivity (Wildman–Crippen MR) is 318 cm³/mol. The number of carbonyl (C=O) groups is 3. The summed E-state index contributed by atoms with van der Waals surface area (Å²) < 4.78 is 42.4. The second kappa shape index (κ2) is 22.9. The molecule has 3 amide bonds. The molecule has 9 heterocycles. The number of piperazine rings is 1. The molecule has 4 aromatic heterocycles. The van der Waals surface area contributed by atoms with Crippen molar-refractivity contribution in [2.45, 2.75) is 160 Å². The van der Waals surface area contributed by atoms with E-state index in [0.29, 0.717) is 42.2 Å². The minimum absolute atomic E-state index is 0.0107. The standard InChI is InChI=1S/C64H75FN10O8S/c1-9-39-13-10-14-41-15-11-16-47(53(39)41)55-54(65)56-48(29-66-55)58(72-30-43-21-22-44(31-72)75(43)62(79)82-63(6,7)8)70-61(69-56)81-34-64-24-12-26-74(64)45(23-25-64)33-80-51-28-50(83-71-51)52(36(2)3)60(78)73-32-46(76)27-49(73)59(77)68-37(4)40-17-19-42(20-18-40)57-38(5)67-35-84-57/h10-11,13-20,28-29,35-37,43-46,49,52,76H,9,12,21-27,30-34H2,1-8H3,(H,68,77)/t37-,43?,44?,45-,46+,49-,52-,64-/m0/s1. The Morgan fingerprint density at radius 2 is 1.71 bits per heavy atom. The van der Waals surface area contributed by atoms with Gasteiger partial charge in [-0.3, -0.25) is 24.4 Å². The van der Waals surface area contributed by atoms with Gasteiger partial charge in [-0.15, -0.1) is 11.3 Å². The molecule has 7 aromatic rings. The van der Waals surface area contributed by atoms with Gasteiger partial charge in [-0.2, -0.15) is 9.97 Å². The third-order valence-corrected chi connectivity index (χ3v) is 18.9. The minimum Gasteiger partial charge on any atom is -0.474 e. The molecule has 0 radical (unpaired) electrons. The van der Waals surface area contributed by atoms with E-state index in [1.54, 1.807) is 23.6 Å². The largest absolute Gasteiger partial charge is 0.474 e. The Balaban J connectivity index is 0.741. The predicted octanol–water partition coefficient (Wildman–Crippen LogP) is 10.6. The van der Waals surface area contributed by atoms with Gasteiger partial charge in [0.25, 0.3) is 5.88 Å². The summed E-state index contributed by atoms with van der Waals surface area (Å²) >= 11 is 1.58. The molecule has 5 fully saturated rings. The normalized spacial score (nSPS) is 23.2. The van der Waals surface area contributed by atoms with Crippen LogP contribution in [0.1, 0.15) is 128 Å². The summed E-state index contributed by atoms with van der Waals surface area (Å²) in [6.45, 7) is 17.8. The number of aliphatic hydroxyl groups is 1. The van der Waals surface area contributed by atoms with Crippen molar-refractivity contribution in [2.24, 2.45) is 5.92 Å². The van der Waals surface area contributed by atoms with Crippen LogP contribution in [0.2, 0.25) is 0 Å². The Hall–Kier alpha value is -7.29. The molecule has 12 rings (SSSR count). The van der Waals surface area contributed by atoms with E-state index in [0.717, 1.165) is 89.5 Å². The number of rotatable bonds is 16. The number of β-amino-alcohol motifs (C(OH)–C–C–N with tert-alkyl or cyclic N) is 1. The highest BCUT2D eigenvalue weighted by Gasteiger charge is 2.51. The number of thiazole rings is 1. The van der Waals surface area contributed by atoms with Crippen molar-refractivity contribution in [2.75, 3.05) is 44.3 Å². The molecule has 84 heavy (non-hydrogen) atoms. The number of fused-ring (bicyclic) bond motifs is 5. The topological polar surface area (TPSA) is 202 Å². The highest BCUT2D eigenvalue weighted by molar-refractivity contribution is 7.13. The zero-order valence-corrected chi connectivity index (χ0v) is 50.0. The number of likely N-dealkylation sites (tertiary alicyclic amines) is 1. The van der Waals surface area contributed by atoms with Gasteiger partial charge in [0.1, 0.15) is 47.8 Å². The number of pyridine rings is 1. The van der Waals surface area contributed by atoms with E-state index in [9.17, 15) is 19.5 Å². The molecule has 20 heteroatoms. The number of nitrogens with zero attached hydrogens (tertiary/aromatic N) is 9. The molecule has 3 aromatic carbocycles. The Kier molecular flexibility index (Phi) is 15.6. The average Bonchev–Trinajstić information content (AvgIpc) is 3.52. The molecule has 18 nitrogen and oxygen atoms in total. The molecule has 2 N–H and O–H groups in total. The van der Waals surface area contributed by atoms with Crippen molar-refractivity contribution in [3.05, 3.63) is 107 Å². The monoisotopic (exact) mass is 1160 g/mol. The van der Waals surface area contributed by atoms with Crippen molar-refractivity contribution >= 4 is 56.7 Å². The number of hydrogen-bond acceptors (Lipinski definition) is 16. The van der Waals surface area contributed by atoms with Crippen LogP contribution in [0.5, 0.6) is 11.9 Å². The Morgan fingerprint density at radius 3 is 2.43 bits per heavy atom. The SMILES string of the molecule is CCc1cccc2cccc(-c3ncc4c(N5CC6CCC(C5)N6C(=O)OC(C)(C)C)nc(OC[C@@]56CCCN5[C@H](COc5cc([C@@H](C(=O)N7C[C@H](O)C[C@H]7C(=O)N[C@@H](C)c7ccc(-c8scnc8C)cc7)C(C)C)on5)CC6)nc4c3F)c12. The van der Waals surface area contributed by atoms with Crippen LogP contribution in [-0.2, 0) is 20.7 Å². The van der Waals surface area contributed by atoms with Crippen LogP contribution in [0.3, 0.4) is 0 Å². The summed E-state index contributed by atoms with van der Waals surface area (Å²) in [6.07, 6.45) is 6.45. The van der Waals surface area contributed by atoms with Gasteiger partial charge in [-0.25, -0.2) is 14.2 Å². The summed E-state index contributed by atoms with van der Waals surface area (Å²) in [7, 11) is 0. The number of anilines is 1. The Morgan fingerprint density at radius 1 is 0.952 bits per heavy atom. The number of amides is 3. The van der Waals surface area contributed by atoms with Gasteiger partial charge >= 0.3 is 12.1 Å². The van der Waals surface area contributed by atoms with Crippen LogP contribution in [0.15, 0.2) is 83.0 Å². The van der Waals surface area contributed by atoms with Gasteiger partial charge in [0.05, 0.1) is 51.2 Å². The van der Waals surface area contributed by atoms with Crippen LogP contribution < -0.4 is 19.7 Å². The molecule has 2 bridgehead atoms. The summed E-state index contributed by atoms with van der Waals surface area (Å²) in [5, 5.41) is 20.7. The maximum atomic E-state index is 17.6. The van der Waals surface area contributed by atoms with Crippen molar-refractivity contribution < 1.29 is 42.6 Å². The average molecular weight is 1160 g/mol. The first-order valence-electron chi connectivity index (χ1n) is 29.8. The molecule has 0 aliphatic carbocycles. The summed E-state index contributed by atoms with van der Waals surface area (Å²) in [5.74, 6) is -1.16. The van der Waals surface area contributed by atoms with Crippen LogP contribution in [0, 0.1) is 18.7 Å². The molecule has 5 saturated heterocycles. The number of aryl methyl sites for hydroxylation is 2. The number of benzene rings is 3. The molecular formula is C64H75FN10O8S. The van der Waals surface area contributed by atoms with Crippen LogP contribution in [0.25, 0.3) is 43.4 Å². The molecule has 442 valence electrons. The first-order valence-corrected chi connectivity index (χ1v) is 30.7. The van der Waals surface area contributed by atoms with E-state index >= 15 is 4.39 Å². The van der Waals surface area contributed by atoms with Crippen molar-refractivity contribution in [1.82, 2.24) is 45.1 Å². The molecule has 5 aliphatic rings. The fourth-order valence-electron chi connectivity index (χ4n) is 13.9. The highest BCUT2D eigenvalue weighted by Crippen LogP contribution is 2.45. The van der Waals surface area contributed by atoms with E-state index in [1.165, 1.54) is 4.90 Å². The number of carbonyl (C=O) groups excluding carboxylic acids is 3. The van der Waals surface area contributed by atoms with E-state index in [-0.39, 0.29) is 96.2 Å². The van der Waals surface area contributed by atoms with Crippen molar-refractivity contribution in [3.63, 3.8) is 0 Å². The summed E-state index contributed by atoms with van der Waals surface area (Å²) in [5.41, 5.74) is 5.87. The highest BCUT2D eigenvalue weighted by atomic mass is 32.1. The Bertz CT molecular complexity index is 3590. The number of halogens is 1. The van der Waals surface area contributed by atoms with Crippen LogP contribution in [0.4, 0.5) is 15.0 Å². The number of aromatic nitrogens is 5. The van der Waals surface area contributed by atoms with Crippen LogP contribution in [-0.4, -0.2) is 144 Å². The fraction of sp³-hybridized carbons (Fsp3) is 0.500. The van der Waals surface area contributed by atoms with E-state index < -0.39 is 29.5 Å². The van der Waals surface area contributed by atoms with Crippen molar-refractivity contribution in [1.29, 1.82) is 0 Å². The van der Waals surface area contributed by atoms with Gasteiger partial charge in [-0.05, 0) is 125 Å². The lowest BCUT2D eigenvalue weighted by Crippen LogP contribution is -2.57.